The summed E-state index contributed by atoms with van der Waals surface area (Å²) in [6, 6.07) is 7.31. The molecule has 2 unspecified atom stereocenters. The number of hydrogen-bond donors (Lipinski definition) is 0. The maximum Gasteiger partial charge on any atom is 0.251 e. The van der Waals surface area contributed by atoms with E-state index in [1.807, 2.05) is 18.2 Å². The Kier molecular flexibility index (Phi) is 5.71. The molecule has 2 atom stereocenters. The minimum atomic E-state index is -0.353. The highest BCUT2D eigenvalue weighted by molar-refractivity contribution is 6.00. The Morgan fingerprint density at radius 1 is 1.10 bits per heavy atom. The Labute approximate surface area is 170 Å². The lowest BCUT2D eigenvalue weighted by atomic mass is 10.1. The molecule has 3 saturated heterocycles. The van der Waals surface area contributed by atoms with Crippen molar-refractivity contribution in [3.05, 3.63) is 24.3 Å². The fraction of sp³-hybridized carbons (Fsp3) is 0.571. The van der Waals surface area contributed by atoms with Crippen LogP contribution in [0.3, 0.4) is 0 Å². The average Bonchev–Trinajstić information content (AvgIpc) is 3.43. The Bertz CT molecular complexity index is 784. The first-order valence-electron chi connectivity index (χ1n) is 10.2. The van der Waals surface area contributed by atoms with Gasteiger partial charge in [0.2, 0.25) is 11.8 Å². The number of anilines is 1. The van der Waals surface area contributed by atoms with Gasteiger partial charge in [-0.1, -0.05) is 6.07 Å². The van der Waals surface area contributed by atoms with E-state index in [-0.39, 0.29) is 36.2 Å². The molecule has 3 fully saturated rings. The molecule has 0 N–H and O–H groups in total. The van der Waals surface area contributed by atoms with Crippen LogP contribution in [-0.4, -0.2) is 80.1 Å². The van der Waals surface area contributed by atoms with Crippen molar-refractivity contribution in [1.29, 1.82) is 0 Å². The largest absolute Gasteiger partial charge is 0.497 e. The van der Waals surface area contributed by atoms with Crippen LogP contribution >= 0.6 is 0 Å². The molecule has 8 heteroatoms. The number of carbonyl (C=O) groups excluding carboxylic acids is 3. The van der Waals surface area contributed by atoms with Gasteiger partial charge in [-0.15, -0.1) is 0 Å². The Balaban J connectivity index is 1.33. The van der Waals surface area contributed by atoms with Crippen molar-refractivity contribution >= 4 is 23.4 Å². The zero-order valence-electron chi connectivity index (χ0n) is 16.7. The SMILES string of the molecule is COc1cccc(N2CC(C(=O)N3CCN(C(=O)C4CCCO4)CC3)CC2=O)c1. The molecule has 0 spiro atoms. The van der Waals surface area contributed by atoms with Crippen molar-refractivity contribution in [2.24, 2.45) is 5.92 Å². The van der Waals surface area contributed by atoms with Crippen molar-refractivity contribution in [3.63, 3.8) is 0 Å². The molecule has 4 rings (SSSR count). The molecule has 3 aliphatic heterocycles. The van der Waals surface area contributed by atoms with Gasteiger partial charge in [0.15, 0.2) is 0 Å². The number of hydrogen-bond acceptors (Lipinski definition) is 5. The zero-order valence-corrected chi connectivity index (χ0v) is 16.7. The average molecular weight is 401 g/mol. The second-order valence-corrected chi connectivity index (χ2v) is 7.76. The molecule has 0 aliphatic carbocycles. The molecule has 1 aromatic rings. The molecule has 0 aromatic heterocycles. The standard InChI is InChI=1S/C21H27N3O5/c1-28-17-5-2-4-16(13-17)24-14-15(12-19(24)25)20(26)22-7-9-23(10-8-22)21(27)18-6-3-11-29-18/h2,4-5,13,15,18H,3,6-12,14H2,1H3. The quantitative estimate of drug-likeness (QED) is 0.749. The molecule has 156 valence electrons. The molecule has 0 radical (unpaired) electrons. The lowest BCUT2D eigenvalue weighted by molar-refractivity contribution is -0.147. The van der Waals surface area contributed by atoms with Crippen LogP contribution in [0.5, 0.6) is 5.75 Å². The number of amides is 3. The van der Waals surface area contributed by atoms with Gasteiger partial charge in [0.25, 0.3) is 5.91 Å². The first-order valence-corrected chi connectivity index (χ1v) is 10.2. The second-order valence-electron chi connectivity index (χ2n) is 7.76. The maximum atomic E-state index is 13.0. The zero-order chi connectivity index (χ0) is 20.4. The molecule has 1 aromatic carbocycles. The first-order chi connectivity index (χ1) is 14.1. The van der Waals surface area contributed by atoms with Crippen molar-refractivity contribution in [1.82, 2.24) is 9.80 Å². The summed E-state index contributed by atoms with van der Waals surface area (Å²) in [5, 5.41) is 0. The number of carbonyl (C=O) groups is 3. The number of benzene rings is 1. The summed E-state index contributed by atoms with van der Waals surface area (Å²) in [4.78, 5) is 43.2. The fourth-order valence-corrected chi connectivity index (χ4v) is 4.28. The monoisotopic (exact) mass is 401 g/mol. The van der Waals surface area contributed by atoms with E-state index in [2.05, 4.69) is 0 Å². The summed E-state index contributed by atoms with van der Waals surface area (Å²) >= 11 is 0. The van der Waals surface area contributed by atoms with E-state index in [9.17, 15) is 14.4 Å². The van der Waals surface area contributed by atoms with Crippen LogP contribution in [0.15, 0.2) is 24.3 Å². The van der Waals surface area contributed by atoms with Gasteiger partial charge in [-0.25, -0.2) is 0 Å². The summed E-state index contributed by atoms with van der Waals surface area (Å²) in [5.41, 5.74) is 0.747. The number of piperazine rings is 1. The smallest absolute Gasteiger partial charge is 0.251 e. The lowest BCUT2D eigenvalue weighted by Crippen LogP contribution is -2.54. The van der Waals surface area contributed by atoms with Crippen LogP contribution in [0.25, 0.3) is 0 Å². The van der Waals surface area contributed by atoms with Gasteiger partial charge >= 0.3 is 0 Å². The summed E-state index contributed by atoms with van der Waals surface area (Å²) < 4.78 is 10.7. The van der Waals surface area contributed by atoms with E-state index in [4.69, 9.17) is 9.47 Å². The van der Waals surface area contributed by atoms with E-state index >= 15 is 0 Å². The minimum Gasteiger partial charge on any atom is -0.497 e. The molecule has 29 heavy (non-hydrogen) atoms. The summed E-state index contributed by atoms with van der Waals surface area (Å²) in [6.07, 6.45) is 1.60. The van der Waals surface area contributed by atoms with Crippen molar-refractivity contribution < 1.29 is 23.9 Å². The summed E-state index contributed by atoms with van der Waals surface area (Å²) in [7, 11) is 1.58. The van der Waals surface area contributed by atoms with Crippen LogP contribution in [0.2, 0.25) is 0 Å². The van der Waals surface area contributed by atoms with Gasteiger partial charge in [0, 0.05) is 57.5 Å². The van der Waals surface area contributed by atoms with E-state index in [0.717, 1.165) is 18.5 Å². The molecule has 3 heterocycles. The van der Waals surface area contributed by atoms with Gasteiger partial charge in [0.1, 0.15) is 11.9 Å². The normalized spacial score (nSPS) is 24.9. The molecular weight excluding hydrogens is 374 g/mol. The Hall–Kier alpha value is -2.61. The lowest BCUT2D eigenvalue weighted by Gasteiger charge is -2.36. The first kappa shape index (κ1) is 19.7. The third kappa shape index (κ3) is 4.07. The highest BCUT2D eigenvalue weighted by Gasteiger charge is 2.39. The van der Waals surface area contributed by atoms with Crippen molar-refractivity contribution in [3.8, 4) is 5.75 Å². The van der Waals surface area contributed by atoms with Gasteiger partial charge in [0.05, 0.1) is 13.0 Å². The molecule has 0 bridgehead atoms. The number of rotatable bonds is 4. The summed E-state index contributed by atoms with van der Waals surface area (Å²) in [5.74, 6) is 0.304. The van der Waals surface area contributed by atoms with Gasteiger partial charge in [-0.05, 0) is 25.0 Å². The van der Waals surface area contributed by atoms with Crippen LogP contribution in [-0.2, 0) is 19.1 Å². The van der Waals surface area contributed by atoms with Crippen LogP contribution in [0.4, 0.5) is 5.69 Å². The third-order valence-electron chi connectivity index (χ3n) is 5.95. The molecule has 3 aliphatic rings. The van der Waals surface area contributed by atoms with Crippen LogP contribution in [0, 0.1) is 5.92 Å². The Morgan fingerprint density at radius 3 is 2.48 bits per heavy atom. The number of methoxy groups -OCH3 is 1. The third-order valence-corrected chi connectivity index (χ3v) is 5.95. The second kappa shape index (κ2) is 8.41. The van der Waals surface area contributed by atoms with Gasteiger partial charge in [-0.2, -0.15) is 0 Å². The van der Waals surface area contributed by atoms with E-state index in [0.29, 0.717) is 45.1 Å². The van der Waals surface area contributed by atoms with E-state index in [1.165, 1.54) is 0 Å². The molecule has 8 nitrogen and oxygen atoms in total. The fourth-order valence-electron chi connectivity index (χ4n) is 4.28. The van der Waals surface area contributed by atoms with Crippen molar-refractivity contribution in [2.45, 2.75) is 25.4 Å². The van der Waals surface area contributed by atoms with Gasteiger partial charge in [-0.3, -0.25) is 14.4 Å². The molecular formula is C21H27N3O5. The summed E-state index contributed by atoms with van der Waals surface area (Å²) in [6.45, 7) is 3.06. The van der Waals surface area contributed by atoms with Gasteiger partial charge < -0.3 is 24.2 Å². The minimum absolute atomic E-state index is 0.00652. The van der Waals surface area contributed by atoms with E-state index < -0.39 is 0 Å². The van der Waals surface area contributed by atoms with E-state index in [1.54, 1.807) is 27.9 Å². The molecule has 3 amide bonds. The maximum absolute atomic E-state index is 13.0. The highest BCUT2D eigenvalue weighted by atomic mass is 16.5. The van der Waals surface area contributed by atoms with Crippen molar-refractivity contribution in [2.75, 3.05) is 51.3 Å². The number of ether oxygens (including phenoxy) is 2. The highest BCUT2D eigenvalue weighted by Crippen LogP contribution is 2.29. The predicted molar refractivity (Wildman–Crippen MR) is 106 cm³/mol. The topological polar surface area (TPSA) is 79.4 Å². The predicted octanol–water partition coefficient (Wildman–Crippen LogP) is 0.898. The number of nitrogens with zero attached hydrogens (tertiary/aromatic N) is 3. The Morgan fingerprint density at radius 2 is 1.83 bits per heavy atom. The molecule has 0 saturated carbocycles. The van der Waals surface area contributed by atoms with Crippen LogP contribution in [0.1, 0.15) is 19.3 Å². The van der Waals surface area contributed by atoms with Crippen LogP contribution < -0.4 is 9.64 Å².